The predicted molar refractivity (Wildman–Crippen MR) is 85.7 cm³/mol. The molecule has 21 heavy (non-hydrogen) atoms. The van der Waals surface area contributed by atoms with Gasteiger partial charge in [0.15, 0.2) is 0 Å². The summed E-state index contributed by atoms with van der Waals surface area (Å²) < 4.78 is 2.11. The van der Waals surface area contributed by atoms with Crippen LogP contribution in [0.4, 0.5) is 0 Å². The van der Waals surface area contributed by atoms with Gasteiger partial charge in [0.05, 0.1) is 11.3 Å². The molecule has 3 aromatic rings. The number of rotatable bonds is 2. The van der Waals surface area contributed by atoms with Crippen molar-refractivity contribution in [3.8, 4) is 28.5 Å². The summed E-state index contributed by atoms with van der Waals surface area (Å²) >= 11 is 0. The van der Waals surface area contributed by atoms with Crippen molar-refractivity contribution in [2.24, 2.45) is 7.05 Å². The van der Waals surface area contributed by atoms with Crippen molar-refractivity contribution in [3.05, 3.63) is 71.9 Å². The van der Waals surface area contributed by atoms with Crippen LogP contribution in [0.5, 0.6) is 0 Å². The van der Waals surface area contributed by atoms with E-state index in [9.17, 15) is 5.26 Å². The fourth-order valence-electron chi connectivity index (χ4n) is 2.76. The Hall–Kier alpha value is -2.79. The zero-order valence-corrected chi connectivity index (χ0v) is 12.2. The normalized spacial score (nSPS) is 10.3. The minimum atomic E-state index is 0.752. The Kier molecular flexibility index (Phi) is 3.33. The Labute approximate surface area is 124 Å². The van der Waals surface area contributed by atoms with Crippen molar-refractivity contribution < 1.29 is 0 Å². The van der Waals surface area contributed by atoms with Gasteiger partial charge >= 0.3 is 0 Å². The fraction of sp³-hybridized carbons (Fsp3) is 0.105. The molecule has 2 aromatic carbocycles. The lowest BCUT2D eigenvalue weighted by atomic mass is 9.97. The Morgan fingerprint density at radius 3 is 1.90 bits per heavy atom. The summed E-state index contributed by atoms with van der Waals surface area (Å²) in [6.07, 6.45) is 0. The zero-order chi connectivity index (χ0) is 14.8. The van der Waals surface area contributed by atoms with E-state index in [2.05, 4.69) is 34.9 Å². The number of hydrogen-bond donors (Lipinski definition) is 0. The molecule has 0 bridgehead atoms. The summed E-state index contributed by atoms with van der Waals surface area (Å²) in [6.45, 7) is 2.00. The van der Waals surface area contributed by atoms with Gasteiger partial charge in [0.1, 0.15) is 6.07 Å². The SMILES string of the molecule is Cc1c(C#N)c(-c2ccccc2)c(-c2ccccc2)n1C. The molecule has 1 aromatic heterocycles. The van der Waals surface area contributed by atoms with E-state index in [1.54, 1.807) is 0 Å². The average molecular weight is 272 g/mol. The number of nitriles is 1. The van der Waals surface area contributed by atoms with Crippen LogP contribution in [-0.2, 0) is 7.05 Å². The molecule has 0 aliphatic rings. The summed E-state index contributed by atoms with van der Waals surface area (Å²) in [5.41, 5.74) is 6.07. The van der Waals surface area contributed by atoms with E-state index < -0.39 is 0 Å². The number of hydrogen-bond acceptors (Lipinski definition) is 1. The third kappa shape index (κ3) is 2.13. The monoisotopic (exact) mass is 272 g/mol. The molecule has 0 saturated heterocycles. The second kappa shape index (κ2) is 5.30. The highest BCUT2D eigenvalue weighted by Gasteiger charge is 2.20. The molecule has 0 atom stereocenters. The molecule has 3 rings (SSSR count). The Bertz CT molecular complexity index is 806. The molecule has 102 valence electrons. The van der Waals surface area contributed by atoms with Crippen LogP contribution in [0.3, 0.4) is 0 Å². The summed E-state index contributed by atoms with van der Waals surface area (Å²) in [6, 6.07) is 22.7. The molecule has 0 saturated carbocycles. The van der Waals surface area contributed by atoms with Crippen LogP contribution in [0.1, 0.15) is 11.3 Å². The van der Waals surface area contributed by atoms with Crippen LogP contribution in [-0.4, -0.2) is 4.57 Å². The quantitative estimate of drug-likeness (QED) is 0.673. The van der Waals surface area contributed by atoms with Crippen molar-refractivity contribution >= 4 is 0 Å². The Morgan fingerprint density at radius 2 is 1.38 bits per heavy atom. The van der Waals surface area contributed by atoms with Crippen LogP contribution >= 0.6 is 0 Å². The topological polar surface area (TPSA) is 28.7 Å². The molecule has 2 heteroatoms. The fourth-order valence-corrected chi connectivity index (χ4v) is 2.76. The molecule has 0 aliphatic heterocycles. The van der Waals surface area contributed by atoms with E-state index in [1.807, 2.05) is 50.4 Å². The van der Waals surface area contributed by atoms with Gasteiger partial charge in [-0.15, -0.1) is 0 Å². The molecule has 0 spiro atoms. The van der Waals surface area contributed by atoms with Gasteiger partial charge in [-0.1, -0.05) is 60.7 Å². The highest BCUT2D eigenvalue weighted by molar-refractivity contribution is 5.87. The minimum Gasteiger partial charge on any atom is -0.346 e. The van der Waals surface area contributed by atoms with Crippen LogP contribution in [0.25, 0.3) is 22.4 Å². The highest BCUT2D eigenvalue weighted by Crippen LogP contribution is 2.37. The van der Waals surface area contributed by atoms with E-state index in [0.29, 0.717) is 0 Å². The van der Waals surface area contributed by atoms with Gasteiger partial charge in [-0.2, -0.15) is 5.26 Å². The van der Waals surface area contributed by atoms with Crippen molar-refractivity contribution in [2.45, 2.75) is 6.92 Å². The first-order chi connectivity index (χ1) is 10.2. The maximum Gasteiger partial charge on any atom is 0.102 e. The van der Waals surface area contributed by atoms with Crippen LogP contribution < -0.4 is 0 Å². The molecule has 0 radical (unpaired) electrons. The Morgan fingerprint density at radius 1 is 0.857 bits per heavy atom. The van der Waals surface area contributed by atoms with Crippen molar-refractivity contribution in [3.63, 3.8) is 0 Å². The first kappa shape index (κ1) is 13.2. The first-order valence-corrected chi connectivity index (χ1v) is 6.94. The smallest absolute Gasteiger partial charge is 0.102 e. The summed E-state index contributed by atoms with van der Waals surface area (Å²) in [5.74, 6) is 0. The van der Waals surface area contributed by atoms with Crippen molar-refractivity contribution in [1.29, 1.82) is 5.26 Å². The summed E-state index contributed by atoms with van der Waals surface area (Å²) in [7, 11) is 2.02. The second-order valence-electron chi connectivity index (χ2n) is 5.09. The minimum absolute atomic E-state index is 0.752. The van der Waals surface area contributed by atoms with Gasteiger partial charge in [0, 0.05) is 18.3 Å². The third-order valence-corrected chi connectivity index (χ3v) is 3.91. The van der Waals surface area contributed by atoms with E-state index in [-0.39, 0.29) is 0 Å². The third-order valence-electron chi connectivity index (χ3n) is 3.91. The average Bonchev–Trinajstić information content (AvgIpc) is 2.80. The molecule has 0 unspecified atom stereocenters. The molecular formula is C19H16N2. The van der Waals surface area contributed by atoms with Crippen molar-refractivity contribution in [2.75, 3.05) is 0 Å². The van der Waals surface area contributed by atoms with Crippen LogP contribution in [0, 0.1) is 18.3 Å². The largest absolute Gasteiger partial charge is 0.346 e. The lowest BCUT2D eigenvalue weighted by molar-refractivity contribution is 0.889. The summed E-state index contributed by atoms with van der Waals surface area (Å²) in [5, 5.41) is 9.58. The maximum absolute atomic E-state index is 9.58. The van der Waals surface area contributed by atoms with Crippen LogP contribution in [0.15, 0.2) is 60.7 Å². The maximum atomic E-state index is 9.58. The number of benzene rings is 2. The first-order valence-electron chi connectivity index (χ1n) is 6.94. The standard InChI is InChI=1S/C19H16N2/c1-14-17(13-20)18(15-9-5-3-6-10-15)19(21(14)2)16-11-7-4-8-12-16/h3-12H,1-2H3. The second-order valence-corrected chi connectivity index (χ2v) is 5.09. The predicted octanol–water partition coefficient (Wildman–Crippen LogP) is 4.54. The lowest BCUT2D eigenvalue weighted by Crippen LogP contribution is -1.94. The van der Waals surface area contributed by atoms with Gasteiger partial charge in [-0.05, 0) is 18.1 Å². The highest BCUT2D eigenvalue weighted by atomic mass is 15.0. The van der Waals surface area contributed by atoms with E-state index in [0.717, 1.165) is 33.6 Å². The molecule has 0 aliphatic carbocycles. The van der Waals surface area contributed by atoms with Gasteiger partial charge in [-0.3, -0.25) is 0 Å². The molecule has 2 nitrogen and oxygen atoms in total. The van der Waals surface area contributed by atoms with E-state index in [1.165, 1.54) is 0 Å². The zero-order valence-electron chi connectivity index (χ0n) is 12.2. The van der Waals surface area contributed by atoms with Gasteiger partial charge < -0.3 is 4.57 Å². The molecular weight excluding hydrogens is 256 g/mol. The molecule has 1 heterocycles. The van der Waals surface area contributed by atoms with Crippen molar-refractivity contribution in [1.82, 2.24) is 4.57 Å². The summed E-state index contributed by atoms with van der Waals surface area (Å²) in [4.78, 5) is 0. The van der Waals surface area contributed by atoms with Gasteiger partial charge in [-0.25, -0.2) is 0 Å². The Balaban J connectivity index is 2.38. The number of nitrogens with zero attached hydrogens (tertiary/aromatic N) is 2. The molecule has 0 amide bonds. The van der Waals surface area contributed by atoms with Gasteiger partial charge in [0.25, 0.3) is 0 Å². The number of aromatic nitrogens is 1. The van der Waals surface area contributed by atoms with E-state index in [4.69, 9.17) is 0 Å². The molecule has 0 N–H and O–H groups in total. The van der Waals surface area contributed by atoms with Crippen LogP contribution in [0.2, 0.25) is 0 Å². The molecule has 0 fully saturated rings. The van der Waals surface area contributed by atoms with E-state index >= 15 is 0 Å². The lowest BCUT2D eigenvalue weighted by Gasteiger charge is -2.09. The van der Waals surface area contributed by atoms with Gasteiger partial charge in [0.2, 0.25) is 0 Å².